The highest BCUT2D eigenvalue weighted by atomic mass is 35.5. The molecule has 0 aromatic heterocycles. The van der Waals surface area contributed by atoms with Crippen LogP contribution in [0.25, 0.3) is 0 Å². The highest BCUT2D eigenvalue weighted by Crippen LogP contribution is 2.27. The van der Waals surface area contributed by atoms with E-state index in [-0.39, 0.29) is 17.8 Å². The first kappa shape index (κ1) is 15.7. The molecule has 1 aliphatic carbocycles. The minimum atomic E-state index is -0.401. The molecule has 1 aromatic rings. The van der Waals surface area contributed by atoms with E-state index in [1.54, 1.807) is 18.2 Å². The summed E-state index contributed by atoms with van der Waals surface area (Å²) in [6, 6.07) is 4.24. The van der Waals surface area contributed by atoms with Crippen LogP contribution in [0.4, 0.5) is 10.5 Å². The molecule has 0 radical (unpaired) electrons. The van der Waals surface area contributed by atoms with E-state index in [9.17, 15) is 4.79 Å². The Morgan fingerprint density at radius 3 is 2.86 bits per heavy atom. The van der Waals surface area contributed by atoms with Gasteiger partial charge in [0, 0.05) is 17.0 Å². The highest BCUT2D eigenvalue weighted by Gasteiger charge is 2.31. The van der Waals surface area contributed by atoms with Gasteiger partial charge in [0.25, 0.3) is 0 Å². The van der Waals surface area contributed by atoms with Gasteiger partial charge >= 0.3 is 6.03 Å². The zero-order chi connectivity index (χ0) is 15.4. The normalized spacial score (nSPS) is 22.1. The first-order valence-corrected chi connectivity index (χ1v) is 7.27. The van der Waals surface area contributed by atoms with Crippen LogP contribution in [0.2, 0.25) is 10.0 Å². The molecule has 0 heterocycles. The van der Waals surface area contributed by atoms with Gasteiger partial charge in [-0.25, -0.2) is 4.79 Å². The van der Waals surface area contributed by atoms with E-state index in [0.29, 0.717) is 15.7 Å². The molecule has 2 atom stereocenters. The van der Waals surface area contributed by atoms with Crippen LogP contribution in [-0.4, -0.2) is 23.1 Å². The van der Waals surface area contributed by atoms with Crippen molar-refractivity contribution in [3.05, 3.63) is 28.2 Å². The number of nitrogens with two attached hydrogens (primary N) is 1. The fourth-order valence-corrected chi connectivity index (χ4v) is 2.82. The summed E-state index contributed by atoms with van der Waals surface area (Å²) in [6.07, 6.45) is 2.46. The zero-order valence-electron chi connectivity index (χ0n) is 11.1. The second kappa shape index (κ2) is 6.87. The minimum Gasteiger partial charge on any atom is -0.409 e. The van der Waals surface area contributed by atoms with Crippen molar-refractivity contribution >= 4 is 40.8 Å². The summed E-state index contributed by atoms with van der Waals surface area (Å²) in [5.74, 6) is -0.0193. The second-order valence-electron chi connectivity index (χ2n) is 4.89. The molecule has 21 heavy (non-hydrogen) atoms. The van der Waals surface area contributed by atoms with Gasteiger partial charge in [0.15, 0.2) is 0 Å². The maximum Gasteiger partial charge on any atom is 0.319 e. The Kier molecular flexibility index (Phi) is 5.14. The van der Waals surface area contributed by atoms with Crippen molar-refractivity contribution < 1.29 is 10.0 Å². The van der Waals surface area contributed by atoms with Crippen LogP contribution in [0.1, 0.15) is 19.3 Å². The number of hydrogen-bond donors (Lipinski definition) is 4. The molecule has 1 aliphatic rings. The van der Waals surface area contributed by atoms with E-state index in [0.717, 1.165) is 19.3 Å². The number of urea groups is 1. The molecule has 1 fully saturated rings. The molecule has 0 saturated heterocycles. The van der Waals surface area contributed by atoms with E-state index >= 15 is 0 Å². The van der Waals surface area contributed by atoms with Crippen LogP contribution < -0.4 is 16.4 Å². The lowest BCUT2D eigenvalue weighted by Crippen LogP contribution is -2.44. The lowest BCUT2D eigenvalue weighted by Gasteiger charge is -2.20. The van der Waals surface area contributed by atoms with Gasteiger partial charge in [0.1, 0.15) is 5.84 Å². The maximum absolute atomic E-state index is 12.0. The monoisotopic (exact) mass is 330 g/mol. The van der Waals surface area contributed by atoms with Crippen molar-refractivity contribution in [3.63, 3.8) is 0 Å². The van der Waals surface area contributed by atoms with E-state index < -0.39 is 6.03 Å². The van der Waals surface area contributed by atoms with Gasteiger partial charge in [0.2, 0.25) is 0 Å². The Morgan fingerprint density at radius 1 is 1.38 bits per heavy atom. The number of halogens is 2. The van der Waals surface area contributed by atoms with E-state index in [1.165, 1.54) is 0 Å². The number of benzene rings is 1. The molecule has 1 saturated carbocycles. The number of rotatable bonds is 3. The quantitative estimate of drug-likeness (QED) is 0.296. The van der Waals surface area contributed by atoms with Gasteiger partial charge < -0.3 is 21.6 Å². The van der Waals surface area contributed by atoms with Crippen molar-refractivity contribution in [2.24, 2.45) is 16.8 Å². The molecule has 0 bridgehead atoms. The van der Waals surface area contributed by atoms with Gasteiger partial charge in [-0.2, -0.15) is 0 Å². The van der Waals surface area contributed by atoms with Crippen LogP contribution in [0.3, 0.4) is 0 Å². The molecule has 2 rings (SSSR count). The predicted molar refractivity (Wildman–Crippen MR) is 83.2 cm³/mol. The van der Waals surface area contributed by atoms with Gasteiger partial charge in [0.05, 0.1) is 10.7 Å². The van der Waals surface area contributed by atoms with Crippen LogP contribution in [0.5, 0.6) is 0 Å². The smallest absolute Gasteiger partial charge is 0.319 e. The Bertz CT molecular complexity index is 565. The number of carbonyl (C=O) groups is 1. The van der Waals surface area contributed by atoms with Crippen LogP contribution in [0.15, 0.2) is 23.4 Å². The summed E-state index contributed by atoms with van der Waals surface area (Å²) in [5, 5.41) is 18.1. The summed E-state index contributed by atoms with van der Waals surface area (Å²) in [6.45, 7) is 0. The molecule has 6 nitrogen and oxygen atoms in total. The Hall–Kier alpha value is -1.66. The lowest BCUT2D eigenvalue weighted by atomic mass is 10.0. The van der Waals surface area contributed by atoms with Gasteiger partial charge in [-0.05, 0) is 31.0 Å². The maximum atomic E-state index is 12.0. The van der Waals surface area contributed by atoms with Crippen LogP contribution >= 0.6 is 23.2 Å². The number of oxime groups is 1. The number of amides is 2. The fourth-order valence-electron chi connectivity index (χ4n) is 2.48. The Labute approximate surface area is 132 Å². The van der Waals surface area contributed by atoms with Gasteiger partial charge in [-0.15, -0.1) is 0 Å². The molecule has 1 aromatic carbocycles. The Morgan fingerprint density at radius 2 is 2.14 bits per heavy atom. The highest BCUT2D eigenvalue weighted by molar-refractivity contribution is 6.35. The SMILES string of the molecule is NC(=NO)C1CCCC1NC(=O)Nc1cc(Cl)ccc1Cl. The molecule has 5 N–H and O–H groups in total. The van der Waals surface area contributed by atoms with Crippen molar-refractivity contribution in [1.82, 2.24) is 5.32 Å². The van der Waals surface area contributed by atoms with Crippen LogP contribution in [0, 0.1) is 5.92 Å². The van der Waals surface area contributed by atoms with Gasteiger partial charge in [-0.3, -0.25) is 0 Å². The summed E-state index contributed by atoms with van der Waals surface area (Å²) in [7, 11) is 0. The number of nitrogens with zero attached hydrogens (tertiary/aromatic N) is 1. The number of nitrogens with one attached hydrogen (secondary N) is 2. The minimum absolute atomic E-state index is 0.138. The van der Waals surface area contributed by atoms with E-state index in [2.05, 4.69) is 15.8 Å². The van der Waals surface area contributed by atoms with E-state index in [4.69, 9.17) is 34.1 Å². The van der Waals surface area contributed by atoms with Crippen molar-refractivity contribution in [2.75, 3.05) is 5.32 Å². The summed E-state index contributed by atoms with van der Waals surface area (Å²) in [5.41, 5.74) is 6.06. The average Bonchev–Trinajstić information content (AvgIpc) is 2.90. The third-order valence-electron chi connectivity index (χ3n) is 3.50. The molecule has 0 aliphatic heterocycles. The average molecular weight is 331 g/mol. The van der Waals surface area contributed by atoms with Crippen molar-refractivity contribution in [3.8, 4) is 0 Å². The van der Waals surface area contributed by atoms with Crippen LogP contribution in [-0.2, 0) is 0 Å². The topological polar surface area (TPSA) is 99.7 Å². The van der Waals surface area contributed by atoms with Crippen molar-refractivity contribution in [1.29, 1.82) is 0 Å². The molecular weight excluding hydrogens is 315 g/mol. The fraction of sp³-hybridized carbons (Fsp3) is 0.385. The zero-order valence-corrected chi connectivity index (χ0v) is 12.7. The number of carbonyl (C=O) groups excluding carboxylic acids is 1. The first-order valence-electron chi connectivity index (χ1n) is 6.51. The van der Waals surface area contributed by atoms with Crippen molar-refractivity contribution in [2.45, 2.75) is 25.3 Å². The standard InChI is InChI=1S/C13H16Cl2N4O2/c14-7-4-5-9(15)11(6-7)18-13(20)17-10-3-1-2-8(10)12(16)19-21/h4-6,8,10,21H,1-3H2,(H2,16,19)(H2,17,18,20). The Balaban J connectivity index is 2.00. The lowest BCUT2D eigenvalue weighted by molar-refractivity contribution is 0.247. The third kappa shape index (κ3) is 3.92. The molecule has 0 spiro atoms. The summed E-state index contributed by atoms with van der Waals surface area (Å²) < 4.78 is 0. The van der Waals surface area contributed by atoms with Gasteiger partial charge in [-0.1, -0.05) is 34.8 Å². The second-order valence-corrected chi connectivity index (χ2v) is 5.74. The molecule has 2 amide bonds. The molecule has 114 valence electrons. The predicted octanol–water partition coefficient (Wildman–Crippen LogP) is 3.03. The molecule has 2 unspecified atom stereocenters. The van der Waals surface area contributed by atoms with E-state index in [1.807, 2.05) is 0 Å². The summed E-state index contributed by atoms with van der Waals surface area (Å²) >= 11 is 11.8. The number of hydrogen-bond acceptors (Lipinski definition) is 3. The molecular formula is C13H16Cl2N4O2. The number of anilines is 1. The molecule has 8 heteroatoms. The summed E-state index contributed by atoms with van der Waals surface area (Å²) in [4.78, 5) is 12.0. The third-order valence-corrected chi connectivity index (χ3v) is 4.07. The number of amidine groups is 1. The largest absolute Gasteiger partial charge is 0.409 e. The first-order chi connectivity index (χ1) is 10.0.